The number of halogens is 2. The molecule has 0 radical (unpaired) electrons. The lowest BCUT2D eigenvalue weighted by molar-refractivity contribution is -0.124. The Morgan fingerprint density at radius 2 is 2.12 bits per heavy atom. The summed E-state index contributed by atoms with van der Waals surface area (Å²) < 4.78 is 21.7. The van der Waals surface area contributed by atoms with Crippen molar-refractivity contribution in [2.75, 3.05) is 38.5 Å². The van der Waals surface area contributed by atoms with Gasteiger partial charge in [-0.2, -0.15) is 5.10 Å². The van der Waals surface area contributed by atoms with Crippen LogP contribution >= 0.6 is 11.6 Å². The molecule has 0 spiro atoms. The number of carbonyl (C=O) groups is 1. The smallest absolute Gasteiger partial charge is 0.234 e. The number of anilines is 1. The molecule has 11 heteroatoms. The number of nitrogen functional groups attached to an aromatic ring is 1. The van der Waals surface area contributed by atoms with Gasteiger partial charge >= 0.3 is 0 Å². The Bertz CT molecular complexity index is 1120. The maximum Gasteiger partial charge on any atom is 0.234 e. The molecule has 3 heterocycles. The predicted molar refractivity (Wildman–Crippen MR) is 118 cm³/mol. The van der Waals surface area contributed by atoms with Gasteiger partial charge in [0.15, 0.2) is 0 Å². The van der Waals surface area contributed by atoms with Crippen molar-refractivity contribution < 1.29 is 13.9 Å². The monoisotopic (exact) mass is 459 g/mol. The Hall–Kier alpha value is -3.24. The lowest BCUT2D eigenvalue weighted by atomic mass is 10.0. The molecular formula is C21H23ClFN7O2. The number of aryl methyl sites for hydroxylation is 1. The molecule has 0 bridgehead atoms. The van der Waals surface area contributed by atoms with Crippen molar-refractivity contribution in [1.29, 1.82) is 0 Å². The Morgan fingerprint density at radius 3 is 2.91 bits per heavy atom. The third-order valence-corrected chi connectivity index (χ3v) is 5.24. The summed E-state index contributed by atoms with van der Waals surface area (Å²) in [5, 5.41) is 7.48. The van der Waals surface area contributed by atoms with Gasteiger partial charge < -0.3 is 15.8 Å². The van der Waals surface area contributed by atoms with E-state index in [9.17, 15) is 9.18 Å². The molecule has 1 amide bonds. The molecule has 2 aromatic heterocycles. The van der Waals surface area contributed by atoms with Gasteiger partial charge in [-0.3, -0.25) is 14.4 Å². The zero-order chi connectivity index (χ0) is 22.7. The molecule has 1 aromatic carbocycles. The predicted octanol–water partition coefficient (Wildman–Crippen LogP) is 1.65. The molecule has 168 valence electrons. The third kappa shape index (κ3) is 5.32. The van der Waals surface area contributed by atoms with Crippen LogP contribution in [0.15, 0.2) is 30.5 Å². The van der Waals surface area contributed by atoms with Gasteiger partial charge in [-0.1, -0.05) is 11.6 Å². The van der Waals surface area contributed by atoms with Gasteiger partial charge in [-0.25, -0.2) is 14.4 Å². The van der Waals surface area contributed by atoms with Crippen LogP contribution in [0.3, 0.4) is 0 Å². The fourth-order valence-corrected chi connectivity index (χ4v) is 3.83. The highest BCUT2D eigenvalue weighted by Crippen LogP contribution is 2.28. The first-order chi connectivity index (χ1) is 15.4. The Morgan fingerprint density at radius 1 is 1.28 bits per heavy atom. The highest BCUT2D eigenvalue weighted by atomic mass is 35.5. The van der Waals surface area contributed by atoms with E-state index in [4.69, 9.17) is 22.1 Å². The fraction of sp³-hybridized carbons (Fsp3) is 0.333. The van der Waals surface area contributed by atoms with Crippen molar-refractivity contribution in [3.8, 4) is 17.1 Å². The number of hydrogen-bond donors (Lipinski definition) is 2. The lowest BCUT2D eigenvalue weighted by Crippen LogP contribution is -2.48. The van der Waals surface area contributed by atoms with Crippen LogP contribution in [-0.2, 0) is 18.3 Å². The van der Waals surface area contributed by atoms with E-state index < -0.39 is 0 Å². The molecule has 0 saturated carbocycles. The van der Waals surface area contributed by atoms with Crippen LogP contribution < -0.4 is 15.8 Å². The van der Waals surface area contributed by atoms with E-state index in [0.717, 1.165) is 12.1 Å². The molecule has 9 nitrogen and oxygen atoms in total. The van der Waals surface area contributed by atoms with Crippen LogP contribution in [0.25, 0.3) is 11.4 Å². The molecular weight excluding hydrogens is 437 g/mol. The average molecular weight is 460 g/mol. The van der Waals surface area contributed by atoms with Gasteiger partial charge in [0.1, 0.15) is 29.0 Å². The van der Waals surface area contributed by atoms with Crippen molar-refractivity contribution in [3.05, 3.63) is 52.6 Å². The van der Waals surface area contributed by atoms with Gasteiger partial charge in [-0.05, 0) is 18.2 Å². The largest absolute Gasteiger partial charge is 0.492 e. The quantitative estimate of drug-likeness (QED) is 0.517. The van der Waals surface area contributed by atoms with E-state index in [1.54, 1.807) is 23.9 Å². The molecule has 1 aliphatic rings. The zero-order valence-electron chi connectivity index (χ0n) is 17.5. The van der Waals surface area contributed by atoms with Gasteiger partial charge in [0.05, 0.1) is 12.2 Å². The SMILES string of the molecule is Cn1cc(Cc2cc(F)ccc2OCCN2CCNC(=O)C2)c(-c2cc(Cl)nc(N)n2)n1. The third-order valence-electron chi connectivity index (χ3n) is 5.05. The first-order valence-electron chi connectivity index (χ1n) is 10.1. The van der Waals surface area contributed by atoms with E-state index in [0.29, 0.717) is 55.4 Å². The zero-order valence-corrected chi connectivity index (χ0v) is 18.3. The second-order valence-electron chi connectivity index (χ2n) is 7.51. The Labute approximate surface area is 189 Å². The van der Waals surface area contributed by atoms with E-state index in [2.05, 4.69) is 20.4 Å². The molecule has 1 fully saturated rings. The van der Waals surface area contributed by atoms with Gasteiger partial charge in [0.25, 0.3) is 0 Å². The fourth-order valence-electron chi connectivity index (χ4n) is 3.64. The highest BCUT2D eigenvalue weighted by molar-refractivity contribution is 6.29. The average Bonchev–Trinajstić information content (AvgIpc) is 3.09. The number of nitrogens with one attached hydrogen (secondary N) is 1. The summed E-state index contributed by atoms with van der Waals surface area (Å²) in [4.78, 5) is 21.7. The molecule has 3 N–H and O–H groups in total. The van der Waals surface area contributed by atoms with Crippen LogP contribution in [0, 0.1) is 5.82 Å². The van der Waals surface area contributed by atoms with Crippen LogP contribution in [0.4, 0.5) is 10.3 Å². The first-order valence-corrected chi connectivity index (χ1v) is 10.5. The number of aromatic nitrogens is 4. The van der Waals surface area contributed by atoms with E-state index in [1.807, 2.05) is 11.1 Å². The summed E-state index contributed by atoms with van der Waals surface area (Å²) in [6.45, 7) is 2.73. The number of benzene rings is 1. The topological polar surface area (TPSA) is 111 Å². The number of nitrogens with two attached hydrogens (primary N) is 1. The summed E-state index contributed by atoms with van der Waals surface area (Å²) in [6, 6.07) is 6.01. The minimum absolute atomic E-state index is 0.00768. The second-order valence-corrected chi connectivity index (χ2v) is 7.90. The number of hydrogen-bond acceptors (Lipinski definition) is 7. The summed E-state index contributed by atoms with van der Waals surface area (Å²) in [6.07, 6.45) is 2.20. The molecule has 0 aliphatic carbocycles. The number of carbonyl (C=O) groups excluding carboxylic acids is 1. The van der Waals surface area contributed by atoms with Crippen molar-refractivity contribution >= 4 is 23.5 Å². The minimum Gasteiger partial charge on any atom is -0.492 e. The standard InChI is InChI=1S/C21H23ClFN7O2/c1-29-11-14(20(28-29)16-10-18(22)27-21(24)26-16)8-13-9-15(23)2-3-17(13)32-7-6-30-5-4-25-19(31)12-30/h2-3,9-11H,4-8,12H2,1H3,(H,25,31)(H2,24,26,27). The van der Waals surface area contributed by atoms with E-state index in [-0.39, 0.29) is 22.8 Å². The normalized spacial score (nSPS) is 14.4. The van der Waals surface area contributed by atoms with Crippen LogP contribution in [0.5, 0.6) is 5.75 Å². The molecule has 1 aliphatic heterocycles. The summed E-state index contributed by atoms with van der Waals surface area (Å²) >= 11 is 6.03. The molecule has 1 saturated heterocycles. The number of rotatable bonds is 7. The minimum atomic E-state index is -0.361. The van der Waals surface area contributed by atoms with Gasteiger partial charge in [0.2, 0.25) is 11.9 Å². The maximum absolute atomic E-state index is 14.1. The van der Waals surface area contributed by atoms with Crippen molar-refractivity contribution in [1.82, 2.24) is 30.0 Å². The number of nitrogens with zero attached hydrogens (tertiary/aromatic N) is 5. The second kappa shape index (κ2) is 9.49. The van der Waals surface area contributed by atoms with Crippen molar-refractivity contribution in [2.45, 2.75) is 6.42 Å². The first kappa shape index (κ1) is 22.0. The van der Waals surface area contributed by atoms with Crippen molar-refractivity contribution in [3.63, 3.8) is 0 Å². The van der Waals surface area contributed by atoms with E-state index >= 15 is 0 Å². The van der Waals surface area contributed by atoms with Gasteiger partial charge in [-0.15, -0.1) is 0 Å². The number of piperazine rings is 1. The summed E-state index contributed by atoms with van der Waals surface area (Å²) in [5.74, 6) is 0.265. The Kier molecular flexibility index (Phi) is 6.52. The Balaban J connectivity index is 1.53. The highest BCUT2D eigenvalue weighted by Gasteiger charge is 2.18. The summed E-state index contributed by atoms with van der Waals surface area (Å²) in [7, 11) is 1.79. The van der Waals surface area contributed by atoms with Gasteiger partial charge in [0, 0.05) is 56.5 Å². The van der Waals surface area contributed by atoms with Crippen molar-refractivity contribution in [2.24, 2.45) is 7.05 Å². The number of amides is 1. The molecule has 32 heavy (non-hydrogen) atoms. The molecule has 0 unspecified atom stereocenters. The molecule has 3 aromatic rings. The molecule has 4 rings (SSSR count). The van der Waals surface area contributed by atoms with Crippen LogP contribution in [-0.4, -0.2) is 63.3 Å². The number of ether oxygens (including phenoxy) is 1. The maximum atomic E-state index is 14.1. The van der Waals surface area contributed by atoms with E-state index in [1.165, 1.54) is 12.1 Å². The van der Waals surface area contributed by atoms with Crippen LogP contribution in [0.1, 0.15) is 11.1 Å². The molecule has 0 atom stereocenters. The lowest BCUT2D eigenvalue weighted by Gasteiger charge is -2.26. The summed E-state index contributed by atoms with van der Waals surface area (Å²) in [5.41, 5.74) is 8.28. The van der Waals surface area contributed by atoms with Crippen LogP contribution in [0.2, 0.25) is 5.15 Å².